The Morgan fingerprint density at radius 2 is 1.65 bits per heavy atom. The van der Waals surface area contributed by atoms with Crippen molar-refractivity contribution in [2.24, 2.45) is 0 Å². The number of anilines is 2. The van der Waals surface area contributed by atoms with Crippen LogP contribution in [0, 0.1) is 5.82 Å². The third kappa shape index (κ3) is 4.91. The van der Waals surface area contributed by atoms with Gasteiger partial charge >= 0.3 is 0 Å². The van der Waals surface area contributed by atoms with Crippen LogP contribution in [-0.4, -0.2) is 16.1 Å². The number of benzene rings is 2. The molecule has 5 nitrogen and oxygen atoms in total. The first-order valence-electron chi connectivity index (χ1n) is 7.59. The van der Waals surface area contributed by atoms with Crippen LogP contribution in [0.2, 0.25) is 10.0 Å². The second-order valence-corrected chi connectivity index (χ2v) is 6.27. The summed E-state index contributed by atoms with van der Waals surface area (Å²) in [7, 11) is 0. The van der Waals surface area contributed by atoms with Gasteiger partial charge in [-0.05, 0) is 48.0 Å². The summed E-state index contributed by atoms with van der Waals surface area (Å²) in [5.41, 5.74) is 1.51. The first kappa shape index (κ1) is 18.1. The van der Waals surface area contributed by atoms with Crippen LogP contribution in [0.5, 0.6) is 0 Å². The summed E-state index contributed by atoms with van der Waals surface area (Å²) in [5, 5.41) is 14.4. The Kier molecular flexibility index (Phi) is 5.65. The van der Waals surface area contributed by atoms with Gasteiger partial charge in [0.25, 0.3) is 5.91 Å². The van der Waals surface area contributed by atoms with Gasteiger partial charge in [-0.3, -0.25) is 4.79 Å². The summed E-state index contributed by atoms with van der Waals surface area (Å²) in [4.78, 5) is 12.2. The summed E-state index contributed by atoms with van der Waals surface area (Å²) in [5.74, 6) is -0.220. The number of rotatable bonds is 5. The van der Waals surface area contributed by atoms with E-state index < -0.39 is 5.91 Å². The third-order valence-electron chi connectivity index (χ3n) is 3.40. The van der Waals surface area contributed by atoms with Crippen LogP contribution in [0.25, 0.3) is 0 Å². The fourth-order valence-corrected chi connectivity index (χ4v) is 2.69. The van der Waals surface area contributed by atoms with Crippen molar-refractivity contribution >= 4 is 40.6 Å². The largest absolute Gasteiger partial charge is 0.365 e. The van der Waals surface area contributed by atoms with Crippen molar-refractivity contribution < 1.29 is 9.18 Å². The molecule has 8 heteroatoms. The minimum absolute atomic E-state index is 0.147. The molecule has 0 saturated carbocycles. The number of nitrogens with zero attached hydrogens (tertiary/aromatic N) is 2. The molecule has 3 rings (SSSR count). The van der Waals surface area contributed by atoms with Crippen molar-refractivity contribution in [3.63, 3.8) is 0 Å². The monoisotopic (exact) mass is 390 g/mol. The fraction of sp³-hybridized carbons (Fsp3) is 0.0556. The smallest absolute Gasteiger partial charge is 0.276 e. The molecule has 0 unspecified atom stereocenters. The summed E-state index contributed by atoms with van der Waals surface area (Å²) in [6.45, 7) is 0.460. The first-order valence-corrected chi connectivity index (χ1v) is 8.35. The maximum absolute atomic E-state index is 12.9. The number of hydrogen-bond acceptors (Lipinski definition) is 4. The highest BCUT2D eigenvalue weighted by Gasteiger charge is 2.10. The van der Waals surface area contributed by atoms with Crippen molar-refractivity contribution in [3.05, 3.63) is 81.7 Å². The van der Waals surface area contributed by atoms with E-state index in [1.54, 1.807) is 42.5 Å². The molecule has 3 aromatic rings. The van der Waals surface area contributed by atoms with Gasteiger partial charge in [0, 0.05) is 22.3 Å². The normalized spacial score (nSPS) is 10.4. The van der Waals surface area contributed by atoms with E-state index in [1.165, 1.54) is 12.1 Å². The molecule has 0 spiro atoms. The van der Waals surface area contributed by atoms with Gasteiger partial charge in [-0.25, -0.2) is 4.39 Å². The number of amides is 1. The van der Waals surface area contributed by atoms with E-state index in [4.69, 9.17) is 23.2 Å². The molecule has 0 bridgehead atoms. The Labute approximate surface area is 159 Å². The molecule has 132 valence electrons. The van der Waals surface area contributed by atoms with Crippen molar-refractivity contribution in [3.8, 4) is 0 Å². The van der Waals surface area contributed by atoms with Gasteiger partial charge in [-0.2, -0.15) is 0 Å². The van der Waals surface area contributed by atoms with Gasteiger partial charge < -0.3 is 10.6 Å². The molecule has 0 radical (unpaired) electrons. The Hall–Kier alpha value is -2.70. The van der Waals surface area contributed by atoms with Crippen molar-refractivity contribution in [2.75, 3.05) is 10.6 Å². The highest BCUT2D eigenvalue weighted by molar-refractivity contribution is 6.35. The second kappa shape index (κ2) is 8.12. The minimum atomic E-state index is -0.430. The number of nitrogens with one attached hydrogen (secondary N) is 2. The molecule has 0 aliphatic carbocycles. The molecule has 1 aromatic heterocycles. The fourth-order valence-electron chi connectivity index (χ4n) is 2.16. The van der Waals surface area contributed by atoms with Crippen LogP contribution in [-0.2, 0) is 6.54 Å². The molecule has 0 atom stereocenters. The Morgan fingerprint density at radius 3 is 2.27 bits per heavy atom. The molecule has 0 aliphatic heterocycles. The maximum atomic E-state index is 12.9. The summed E-state index contributed by atoms with van der Waals surface area (Å²) < 4.78 is 12.9. The van der Waals surface area contributed by atoms with E-state index in [2.05, 4.69) is 20.8 Å². The van der Waals surface area contributed by atoms with Crippen molar-refractivity contribution in [1.82, 2.24) is 10.2 Å². The SMILES string of the molecule is O=C(Nc1cc(Cl)cc(Cl)c1)c1ccc(NCc2ccc(F)cc2)nn1. The molecule has 2 N–H and O–H groups in total. The lowest BCUT2D eigenvalue weighted by Crippen LogP contribution is -2.15. The molecule has 26 heavy (non-hydrogen) atoms. The predicted molar refractivity (Wildman–Crippen MR) is 100 cm³/mol. The lowest BCUT2D eigenvalue weighted by atomic mass is 10.2. The number of halogens is 3. The van der Waals surface area contributed by atoms with Crippen LogP contribution < -0.4 is 10.6 Å². The lowest BCUT2D eigenvalue weighted by molar-refractivity contribution is 0.102. The van der Waals surface area contributed by atoms with Crippen molar-refractivity contribution in [2.45, 2.75) is 6.54 Å². The van der Waals surface area contributed by atoms with E-state index in [0.717, 1.165) is 5.56 Å². The van der Waals surface area contributed by atoms with Gasteiger partial charge in [-0.15, -0.1) is 10.2 Å². The van der Waals surface area contributed by atoms with Gasteiger partial charge in [0.05, 0.1) is 0 Å². The molecular formula is C18H13Cl2FN4O. The standard InChI is InChI=1S/C18H13Cl2FN4O/c19-12-7-13(20)9-15(8-12)23-18(26)16-5-6-17(25-24-16)22-10-11-1-3-14(21)4-2-11/h1-9H,10H2,(H,22,25)(H,23,26). The zero-order valence-corrected chi connectivity index (χ0v) is 14.9. The molecule has 0 saturated heterocycles. The summed E-state index contributed by atoms with van der Waals surface area (Å²) in [6, 6.07) is 14.0. The van der Waals surface area contributed by atoms with Gasteiger partial charge in [0.1, 0.15) is 11.6 Å². The van der Waals surface area contributed by atoms with Crippen LogP contribution in [0.4, 0.5) is 15.9 Å². The number of aromatic nitrogens is 2. The topological polar surface area (TPSA) is 66.9 Å². The van der Waals surface area contributed by atoms with Gasteiger partial charge in [0.15, 0.2) is 5.69 Å². The third-order valence-corrected chi connectivity index (χ3v) is 3.84. The molecule has 2 aromatic carbocycles. The molecule has 1 amide bonds. The summed E-state index contributed by atoms with van der Waals surface area (Å²) in [6.07, 6.45) is 0. The number of carbonyl (C=O) groups excluding carboxylic acids is 1. The van der Waals surface area contributed by atoms with Gasteiger partial charge in [-0.1, -0.05) is 35.3 Å². The van der Waals surface area contributed by atoms with Crippen LogP contribution >= 0.6 is 23.2 Å². The van der Waals surface area contributed by atoms with E-state index in [9.17, 15) is 9.18 Å². The van der Waals surface area contributed by atoms with E-state index in [-0.39, 0.29) is 11.5 Å². The average molecular weight is 391 g/mol. The average Bonchev–Trinajstić information content (AvgIpc) is 2.61. The Balaban J connectivity index is 1.61. The molecular weight excluding hydrogens is 378 g/mol. The molecule has 1 heterocycles. The molecule has 0 fully saturated rings. The van der Waals surface area contributed by atoms with Gasteiger partial charge in [0.2, 0.25) is 0 Å². The highest BCUT2D eigenvalue weighted by atomic mass is 35.5. The minimum Gasteiger partial charge on any atom is -0.365 e. The van der Waals surface area contributed by atoms with Crippen LogP contribution in [0.15, 0.2) is 54.6 Å². The quantitative estimate of drug-likeness (QED) is 0.657. The highest BCUT2D eigenvalue weighted by Crippen LogP contribution is 2.22. The summed E-state index contributed by atoms with van der Waals surface area (Å²) >= 11 is 11.8. The van der Waals surface area contributed by atoms with E-state index in [1.807, 2.05) is 0 Å². The maximum Gasteiger partial charge on any atom is 0.276 e. The Bertz CT molecular complexity index is 897. The number of hydrogen-bond donors (Lipinski definition) is 2. The number of carbonyl (C=O) groups is 1. The van der Waals surface area contributed by atoms with Crippen LogP contribution in [0.1, 0.15) is 16.1 Å². The first-order chi connectivity index (χ1) is 12.5. The van der Waals surface area contributed by atoms with Crippen molar-refractivity contribution in [1.29, 1.82) is 0 Å². The zero-order valence-electron chi connectivity index (χ0n) is 13.3. The Morgan fingerprint density at radius 1 is 0.962 bits per heavy atom. The predicted octanol–water partition coefficient (Wildman–Crippen LogP) is 4.79. The van der Waals surface area contributed by atoms with E-state index >= 15 is 0 Å². The molecule has 0 aliphatic rings. The lowest BCUT2D eigenvalue weighted by Gasteiger charge is -2.07. The van der Waals surface area contributed by atoms with E-state index in [0.29, 0.717) is 28.1 Å². The van der Waals surface area contributed by atoms with Crippen LogP contribution in [0.3, 0.4) is 0 Å². The zero-order chi connectivity index (χ0) is 18.5. The second-order valence-electron chi connectivity index (χ2n) is 5.40.